The Morgan fingerprint density at radius 1 is 1.38 bits per heavy atom. The molecule has 2 N–H and O–H groups in total. The second kappa shape index (κ2) is 7.25. The number of ether oxygens (including phenoxy) is 1. The highest BCUT2D eigenvalue weighted by Crippen LogP contribution is 2.28. The first-order chi connectivity index (χ1) is 10.1. The molecule has 0 spiro atoms. The average molecular weight is 291 g/mol. The van der Waals surface area contributed by atoms with E-state index < -0.39 is 0 Å². The number of rotatable bonds is 5. The van der Waals surface area contributed by atoms with Crippen LogP contribution in [-0.2, 0) is 0 Å². The van der Waals surface area contributed by atoms with Crippen molar-refractivity contribution >= 4 is 0 Å². The fourth-order valence-corrected chi connectivity index (χ4v) is 3.42. The number of piperazine rings is 1. The molecule has 0 amide bonds. The summed E-state index contributed by atoms with van der Waals surface area (Å²) in [6.45, 7) is 11.0. The number of benzene rings is 1. The normalized spacial score (nSPS) is 23.8. The standard InChI is InChI=1S/C17H29N3O/c1-5-19-9-10-20(12-13(19)2)17(14(3)18)15-7-6-8-16(11-15)21-4/h6-8,11,13-14,17H,5,9-10,12,18H2,1-4H3. The molecule has 1 saturated heterocycles. The monoisotopic (exact) mass is 291 g/mol. The average Bonchev–Trinajstić information content (AvgIpc) is 2.47. The highest BCUT2D eigenvalue weighted by atomic mass is 16.5. The molecule has 0 aromatic heterocycles. The summed E-state index contributed by atoms with van der Waals surface area (Å²) in [5.41, 5.74) is 7.56. The van der Waals surface area contributed by atoms with Gasteiger partial charge in [0.05, 0.1) is 7.11 Å². The predicted molar refractivity (Wildman–Crippen MR) is 87.7 cm³/mol. The lowest BCUT2D eigenvalue weighted by atomic mass is 9.97. The quantitative estimate of drug-likeness (QED) is 0.902. The summed E-state index contributed by atoms with van der Waals surface area (Å²) in [6, 6.07) is 9.24. The smallest absolute Gasteiger partial charge is 0.119 e. The van der Waals surface area contributed by atoms with Crippen LogP contribution in [0.2, 0.25) is 0 Å². The van der Waals surface area contributed by atoms with Crippen molar-refractivity contribution in [1.29, 1.82) is 0 Å². The van der Waals surface area contributed by atoms with E-state index in [1.165, 1.54) is 5.56 Å². The van der Waals surface area contributed by atoms with Crippen LogP contribution in [0, 0.1) is 0 Å². The summed E-state index contributed by atoms with van der Waals surface area (Å²) in [5.74, 6) is 0.901. The van der Waals surface area contributed by atoms with E-state index in [1.807, 2.05) is 6.07 Å². The first-order valence-corrected chi connectivity index (χ1v) is 7.94. The van der Waals surface area contributed by atoms with Gasteiger partial charge in [0.2, 0.25) is 0 Å². The zero-order valence-electron chi connectivity index (χ0n) is 13.7. The van der Waals surface area contributed by atoms with Gasteiger partial charge in [0.1, 0.15) is 5.75 Å². The maximum absolute atomic E-state index is 6.31. The van der Waals surface area contributed by atoms with Crippen molar-refractivity contribution in [2.75, 3.05) is 33.3 Å². The molecule has 1 aromatic rings. The van der Waals surface area contributed by atoms with Gasteiger partial charge in [0.15, 0.2) is 0 Å². The van der Waals surface area contributed by atoms with Crippen molar-refractivity contribution in [2.45, 2.75) is 38.9 Å². The van der Waals surface area contributed by atoms with Gasteiger partial charge < -0.3 is 10.5 Å². The zero-order chi connectivity index (χ0) is 15.4. The van der Waals surface area contributed by atoms with Crippen LogP contribution in [-0.4, -0.2) is 55.2 Å². The maximum Gasteiger partial charge on any atom is 0.119 e. The van der Waals surface area contributed by atoms with Crippen molar-refractivity contribution in [2.24, 2.45) is 5.73 Å². The lowest BCUT2D eigenvalue weighted by Crippen LogP contribution is -2.54. The van der Waals surface area contributed by atoms with E-state index in [0.717, 1.165) is 31.9 Å². The second-order valence-electron chi connectivity index (χ2n) is 6.05. The number of methoxy groups -OCH3 is 1. The molecule has 1 aliphatic heterocycles. The van der Waals surface area contributed by atoms with E-state index in [-0.39, 0.29) is 12.1 Å². The Kier molecular flexibility index (Phi) is 5.62. The summed E-state index contributed by atoms with van der Waals surface area (Å²) < 4.78 is 5.36. The minimum Gasteiger partial charge on any atom is -0.497 e. The van der Waals surface area contributed by atoms with Gasteiger partial charge in [0, 0.05) is 37.8 Å². The fourth-order valence-electron chi connectivity index (χ4n) is 3.42. The van der Waals surface area contributed by atoms with Crippen LogP contribution in [0.3, 0.4) is 0 Å². The molecule has 3 unspecified atom stereocenters. The third kappa shape index (κ3) is 3.76. The fraction of sp³-hybridized carbons (Fsp3) is 0.647. The Bertz CT molecular complexity index is 449. The molecule has 1 aromatic carbocycles. The van der Waals surface area contributed by atoms with E-state index in [4.69, 9.17) is 10.5 Å². The minimum absolute atomic E-state index is 0.0949. The van der Waals surface area contributed by atoms with Crippen molar-refractivity contribution in [3.05, 3.63) is 29.8 Å². The van der Waals surface area contributed by atoms with Crippen molar-refractivity contribution in [3.8, 4) is 5.75 Å². The van der Waals surface area contributed by atoms with E-state index in [2.05, 4.69) is 48.8 Å². The molecular weight excluding hydrogens is 262 g/mol. The van der Waals surface area contributed by atoms with Gasteiger partial charge in [0.25, 0.3) is 0 Å². The van der Waals surface area contributed by atoms with Crippen LogP contribution in [0.1, 0.15) is 32.4 Å². The highest BCUT2D eigenvalue weighted by Gasteiger charge is 2.30. The molecule has 4 heteroatoms. The Morgan fingerprint density at radius 3 is 2.71 bits per heavy atom. The van der Waals surface area contributed by atoms with Gasteiger partial charge in [-0.2, -0.15) is 0 Å². The minimum atomic E-state index is 0.0949. The molecule has 1 heterocycles. The van der Waals surface area contributed by atoms with Crippen LogP contribution >= 0.6 is 0 Å². The van der Waals surface area contributed by atoms with Gasteiger partial charge in [-0.25, -0.2) is 0 Å². The first kappa shape index (κ1) is 16.3. The number of hydrogen-bond acceptors (Lipinski definition) is 4. The number of nitrogens with two attached hydrogens (primary N) is 1. The van der Waals surface area contributed by atoms with Gasteiger partial charge >= 0.3 is 0 Å². The van der Waals surface area contributed by atoms with Gasteiger partial charge in [-0.1, -0.05) is 19.1 Å². The first-order valence-electron chi connectivity index (χ1n) is 7.94. The molecule has 21 heavy (non-hydrogen) atoms. The molecule has 0 radical (unpaired) electrons. The molecule has 4 nitrogen and oxygen atoms in total. The Hall–Kier alpha value is -1.10. The molecule has 1 fully saturated rings. The third-order valence-corrected chi connectivity index (χ3v) is 4.53. The summed E-state index contributed by atoms with van der Waals surface area (Å²) in [6.07, 6.45) is 0. The molecule has 3 atom stereocenters. The summed E-state index contributed by atoms with van der Waals surface area (Å²) in [5, 5.41) is 0. The van der Waals surface area contributed by atoms with Crippen LogP contribution in [0.4, 0.5) is 0 Å². The lowest BCUT2D eigenvalue weighted by Gasteiger charge is -2.44. The van der Waals surface area contributed by atoms with Crippen molar-refractivity contribution in [1.82, 2.24) is 9.80 Å². The second-order valence-corrected chi connectivity index (χ2v) is 6.05. The van der Waals surface area contributed by atoms with E-state index >= 15 is 0 Å². The molecule has 0 saturated carbocycles. The highest BCUT2D eigenvalue weighted by molar-refractivity contribution is 5.31. The maximum atomic E-state index is 6.31. The van der Waals surface area contributed by atoms with Crippen LogP contribution < -0.4 is 10.5 Å². The summed E-state index contributed by atoms with van der Waals surface area (Å²) in [4.78, 5) is 5.05. The number of likely N-dealkylation sites (N-methyl/N-ethyl adjacent to an activating group) is 1. The third-order valence-electron chi connectivity index (χ3n) is 4.53. The number of nitrogens with zero attached hydrogens (tertiary/aromatic N) is 2. The van der Waals surface area contributed by atoms with Gasteiger partial charge in [-0.3, -0.25) is 9.80 Å². The molecule has 118 valence electrons. The van der Waals surface area contributed by atoms with E-state index in [0.29, 0.717) is 6.04 Å². The Morgan fingerprint density at radius 2 is 2.14 bits per heavy atom. The molecule has 1 aliphatic rings. The lowest BCUT2D eigenvalue weighted by molar-refractivity contribution is 0.0516. The predicted octanol–water partition coefficient (Wildman–Crippen LogP) is 2.11. The molecule has 0 aliphatic carbocycles. The largest absolute Gasteiger partial charge is 0.497 e. The molecular formula is C17H29N3O. The van der Waals surface area contributed by atoms with E-state index in [9.17, 15) is 0 Å². The topological polar surface area (TPSA) is 41.7 Å². The molecule has 0 bridgehead atoms. The van der Waals surface area contributed by atoms with Gasteiger partial charge in [-0.05, 0) is 38.1 Å². The summed E-state index contributed by atoms with van der Waals surface area (Å²) in [7, 11) is 1.71. The van der Waals surface area contributed by atoms with Gasteiger partial charge in [-0.15, -0.1) is 0 Å². The van der Waals surface area contributed by atoms with E-state index in [1.54, 1.807) is 7.11 Å². The van der Waals surface area contributed by atoms with Crippen molar-refractivity contribution in [3.63, 3.8) is 0 Å². The van der Waals surface area contributed by atoms with Crippen LogP contribution in [0.25, 0.3) is 0 Å². The number of hydrogen-bond donors (Lipinski definition) is 1. The zero-order valence-corrected chi connectivity index (χ0v) is 13.7. The van der Waals surface area contributed by atoms with Crippen LogP contribution in [0.5, 0.6) is 5.75 Å². The van der Waals surface area contributed by atoms with Crippen LogP contribution in [0.15, 0.2) is 24.3 Å². The SMILES string of the molecule is CCN1CCN(C(c2cccc(OC)c2)C(C)N)CC1C. The Balaban J connectivity index is 2.19. The van der Waals surface area contributed by atoms with Crippen molar-refractivity contribution < 1.29 is 4.74 Å². The summed E-state index contributed by atoms with van der Waals surface area (Å²) >= 11 is 0. The molecule has 2 rings (SSSR count). The Labute approximate surface area is 128 Å².